The zero-order valence-electron chi connectivity index (χ0n) is 9.53. The first-order chi connectivity index (χ1) is 7.72. The third-order valence-electron chi connectivity index (χ3n) is 2.62. The van der Waals surface area contributed by atoms with Gasteiger partial charge in [-0.25, -0.2) is 0 Å². The van der Waals surface area contributed by atoms with Gasteiger partial charge in [0.15, 0.2) is 0 Å². The number of hydrogen-bond donors (Lipinski definition) is 0. The minimum Gasteiger partial charge on any atom is -0.385 e. The molecule has 1 aromatic carbocycles. The number of aryl methyl sites for hydroxylation is 2. The van der Waals surface area contributed by atoms with Crippen LogP contribution in [0.15, 0.2) is 22.7 Å². The molecule has 0 atom stereocenters. The fraction of sp³-hybridized carbons (Fsp3) is 0.417. The van der Waals surface area contributed by atoms with Crippen LogP contribution in [0.25, 0.3) is 10.9 Å². The molecule has 0 unspecified atom stereocenters. The van der Waals surface area contributed by atoms with Crippen molar-refractivity contribution in [1.29, 1.82) is 0 Å². The average Bonchev–Trinajstić information content (AvgIpc) is 2.56. The summed E-state index contributed by atoms with van der Waals surface area (Å²) in [7, 11) is 1.73. The van der Waals surface area contributed by atoms with Crippen LogP contribution in [0.1, 0.15) is 12.1 Å². The van der Waals surface area contributed by atoms with Gasteiger partial charge in [0, 0.05) is 30.1 Å². The van der Waals surface area contributed by atoms with E-state index in [0.717, 1.165) is 29.7 Å². The Morgan fingerprint density at radius 2 is 2.25 bits per heavy atom. The Morgan fingerprint density at radius 1 is 1.44 bits per heavy atom. The molecule has 1 heterocycles. The topological polar surface area (TPSA) is 27.1 Å². The summed E-state index contributed by atoms with van der Waals surface area (Å²) in [6.07, 6.45) is 0.985. The van der Waals surface area contributed by atoms with Crippen LogP contribution >= 0.6 is 15.9 Å². The van der Waals surface area contributed by atoms with Crippen molar-refractivity contribution in [1.82, 2.24) is 9.78 Å². The van der Waals surface area contributed by atoms with Gasteiger partial charge in [0.05, 0.1) is 11.2 Å². The highest BCUT2D eigenvalue weighted by Gasteiger charge is 2.06. The molecule has 0 aliphatic heterocycles. The standard InChI is InChI=1S/C12H15BrN2O/c1-9-11-5-4-10(13)8-12(11)15(14-9)6-3-7-16-2/h4-5,8H,3,6-7H2,1-2H3. The number of nitrogens with zero attached hydrogens (tertiary/aromatic N) is 2. The number of halogens is 1. The average molecular weight is 283 g/mol. The Hall–Kier alpha value is -0.870. The van der Waals surface area contributed by atoms with Crippen LogP contribution in [-0.2, 0) is 11.3 Å². The third-order valence-corrected chi connectivity index (χ3v) is 3.11. The van der Waals surface area contributed by atoms with Crippen molar-refractivity contribution >= 4 is 26.8 Å². The van der Waals surface area contributed by atoms with Crippen molar-refractivity contribution in [2.75, 3.05) is 13.7 Å². The smallest absolute Gasteiger partial charge is 0.0696 e. The summed E-state index contributed by atoms with van der Waals surface area (Å²) in [5, 5.41) is 5.77. The summed E-state index contributed by atoms with van der Waals surface area (Å²) in [6.45, 7) is 3.71. The maximum atomic E-state index is 5.06. The van der Waals surface area contributed by atoms with E-state index in [0.29, 0.717) is 0 Å². The van der Waals surface area contributed by atoms with Crippen LogP contribution in [0.2, 0.25) is 0 Å². The van der Waals surface area contributed by atoms with Crippen LogP contribution in [0.5, 0.6) is 0 Å². The van der Waals surface area contributed by atoms with Crippen molar-refractivity contribution in [2.45, 2.75) is 19.9 Å². The second-order valence-electron chi connectivity index (χ2n) is 3.82. The minimum atomic E-state index is 0.772. The highest BCUT2D eigenvalue weighted by atomic mass is 79.9. The lowest BCUT2D eigenvalue weighted by Crippen LogP contribution is -2.03. The highest BCUT2D eigenvalue weighted by Crippen LogP contribution is 2.22. The molecule has 2 rings (SSSR count). The monoisotopic (exact) mass is 282 g/mol. The largest absolute Gasteiger partial charge is 0.385 e. The zero-order chi connectivity index (χ0) is 11.5. The molecule has 0 aliphatic rings. The van der Waals surface area contributed by atoms with Gasteiger partial charge >= 0.3 is 0 Å². The molecule has 1 aromatic heterocycles. The molecule has 0 amide bonds. The number of hydrogen-bond acceptors (Lipinski definition) is 2. The van der Waals surface area contributed by atoms with Crippen LogP contribution in [0.3, 0.4) is 0 Å². The second kappa shape index (κ2) is 4.97. The maximum Gasteiger partial charge on any atom is 0.0696 e. The molecule has 4 heteroatoms. The Balaban J connectivity index is 2.33. The van der Waals surface area contributed by atoms with E-state index in [1.165, 1.54) is 10.9 Å². The van der Waals surface area contributed by atoms with Gasteiger partial charge in [0.2, 0.25) is 0 Å². The Bertz CT molecular complexity index is 493. The molecule has 0 spiro atoms. The van der Waals surface area contributed by atoms with E-state index < -0.39 is 0 Å². The molecular weight excluding hydrogens is 268 g/mol. The number of benzene rings is 1. The van der Waals surface area contributed by atoms with Crippen molar-refractivity contribution < 1.29 is 4.74 Å². The summed E-state index contributed by atoms with van der Waals surface area (Å²) in [5.41, 5.74) is 2.27. The van der Waals surface area contributed by atoms with Crippen molar-refractivity contribution in [3.8, 4) is 0 Å². The first-order valence-corrected chi connectivity index (χ1v) is 6.13. The molecule has 0 fully saturated rings. The van der Waals surface area contributed by atoms with E-state index in [4.69, 9.17) is 4.74 Å². The van der Waals surface area contributed by atoms with Gasteiger partial charge in [-0.05, 0) is 31.5 Å². The van der Waals surface area contributed by atoms with Crippen LogP contribution in [-0.4, -0.2) is 23.5 Å². The third kappa shape index (κ3) is 2.28. The van der Waals surface area contributed by atoms with E-state index in [1.54, 1.807) is 7.11 Å². The predicted molar refractivity (Wildman–Crippen MR) is 68.7 cm³/mol. The predicted octanol–water partition coefficient (Wildman–Crippen LogP) is 3.14. The van der Waals surface area contributed by atoms with Gasteiger partial charge in [-0.3, -0.25) is 4.68 Å². The van der Waals surface area contributed by atoms with E-state index in [-0.39, 0.29) is 0 Å². The molecule has 86 valence electrons. The molecule has 0 saturated carbocycles. The lowest BCUT2D eigenvalue weighted by molar-refractivity contribution is 0.189. The van der Waals surface area contributed by atoms with Gasteiger partial charge < -0.3 is 4.74 Å². The summed E-state index contributed by atoms with van der Waals surface area (Å²) in [5.74, 6) is 0. The fourth-order valence-electron chi connectivity index (χ4n) is 1.84. The van der Waals surface area contributed by atoms with E-state index in [1.807, 2.05) is 6.92 Å². The van der Waals surface area contributed by atoms with E-state index in [9.17, 15) is 0 Å². The number of rotatable bonds is 4. The zero-order valence-corrected chi connectivity index (χ0v) is 11.1. The van der Waals surface area contributed by atoms with Gasteiger partial charge in [-0.15, -0.1) is 0 Å². The van der Waals surface area contributed by atoms with Gasteiger partial charge in [0.25, 0.3) is 0 Å². The van der Waals surface area contributed by atoms with Crippen LogP contribution in [0, 0.1) is 6.92 Å². The molecule has 0 saturated heterocycles. The number of ether oxygens (including phenoxy) is 1. The first-order valence-electron chi connectivity index (χ1n) is 5.34. The summed E-state index contributed by atoms with van der Waals surface area (Å²) >= 11 is 3.49. The molecule has 0 N–H and O–H groups in total. The Labute approximate surface area is 104 Å². The number of fused-ring (bicyclic) bond motifs is 1. The minimum absolute atomic E-state index is 0.772. The van der Waals surface area contributed by atoms with Gasteiger partial charge in [-0.1, -0.05) is 15.9 Å². The quantitative estimate of drug-likeness (QED) is 0.806. The summed E-state index contributed by atoms with van der Waals surface area (Å²) in [6, 6.07) is 6.27. The molecule has 3 nitrogen and oxygen atoms in total. The van der Waals surface area contributed by atoms with Gasteiger partial charge in [-0.2, -0.15) is 5.10 Å². The molecule has 2 aromatic rings. The Kier molecular flexibility index (Phi) is 3.61. The number of methoxy groups -OCH3 is 1. The van der Waals surface area contributed by atoms with Gasteiger partial charge in [0.1, 0.15) is 0 Å². The van der Waals surface area contributed by atoms with Crippen molar-refractivity contribution in [3.63, 3.8) is 0 Å². The second-order valence-corrected chi connectivity index (χ2v) is 4.73. The lowest BCUT2D eigenvalue weighted by Gasteiger charge is -2.03. The molecule has 0 radical (unpaired) electrons. The fourth-order valence-corrected chi connectivity index (χ4v) is 2.19. The van der Waals surface area contributed by atoms with E-state index >= 15 is 0 Å². The van der Waals surface area contributed by atoms with Crippen molar-refractivity contribution in [2.24, 2.45) is 0 Å². The lowest BCUT2D eigenvalue weighted by atomic mass is 10.2. The molecule has 16 heavy (non-hydrogen) atoms. The highest BCUT2D eigenvalue weighted by molar-refractivity contribution is 9.10. The van der Waals surface area contributed by atoms with Crippen LogP contribution in [0.4, 0.5) is 0 Å². The van der Waals surface area contributed by atoms with Crippen molar-refractivity contribution in [3.05, 3.63) is 28.4 Å². The Morgan fingerprint density at radius 3 is 3.00 bits per heavy atom. The number of aromatic nitrogens is 2. The molecular formula is C12H15BrN2O. The normalized spacial score (nSPS) is 11.2. The van der Waals surface area contributed by atoms with E-state index in [2.05, 4.69) is 43.9 Å². The molecule has 0 bridgehead atoms. The SMILES string of the molecule is COCCCn1nc(C)c2ccc(Br)cc21. The summed E-state index contributed by atoms with van der Waals surface area (Å²) in [4.78, 5) is 0. The maximum absolute atomic E-state index is 5.06. The molecule has 0 aliphatic carbocycles. The summed E-state index contributed by atoms with van der Waals surface area (Å²) < 4.78 is 8.20. The van der Waals surface area contributed by atoms with Crippen LogP contribution < -0.4 is 0 Å². The first kappa shape index (κ1) is 11.6.